The third kappa shape index (κ3) is 3.40. The number of aromatic nitrogens is 5. The predicted octanol–water partition coefficient (Wildman–Crippen LogP) is 4.33. The van der Waals surface area contributed by atoms with Gasteiger partial charge in [-0.15, -0.1) is 10.2 Å². The Morgan fingerprint density at radius 1 is 1.10 bits per heavy atom. The van der Waals surface area contributed by atoms with Gasteiger partial charge in [0.1, 0.15) is 12.2 Å². The molecule has 1 aliphatic heterocycles. The Hall–Kier alpha value is -3.78. The number of rotatable bonds is 3. The Bertz CT molecular complexity index is 1270. The van der Waals surface area contributed by atoms with Crippen LogP contribution in [0.3, 0.4) is 0 Å². The van der Waals surface area contributed by atoms with Crippen molar-refractivity contribution in [2.45, 2.75) is 12.8 Å². The highest BCUT2D eigenvalue weighted by Gasteiger charge is 2.27. The summed E-state index contributed by atoms with van der Waals surface area (Å²) in [4.78, 5) is 21.8. The lowest BCUT2D eigenvalue weighted by molar-refractivity contribution is 0.0696. The Kier molecular flexibility index (Phi) is 4.63. The van der Waals surface area contributed by atoms with Gasteiger partial charge in [0, 0.05) is 41.1 Å². The number of anilines is 2. The fourth-order valence-electron chi connectivity index (χ4n) is 3.75. The van der Waals surface area contributed by atoms with Gasteiger partial charge in [0.25, 0.3) is 0 Å². The van der Waals surface area contributed by atoms with Crippen molar-refractivity contribution < 1.29 is 9.90 Å². The van der Waals surface area contributed by atoms with E-state index in [2.05, 4.69) is 32.0 Å². The molecule has 1 aliphatic rings. The molecule has 8 nitrogen and oxygen atoms in total. The second-order valence-electron chi connectivity index (χ2n) is 7.35. The van der Waals surface area contributed by atoms with Gasteiger partial charge in [-0.3, -0.25) is 4.57 Å². The second kappa shape index (κ2) is 7.48. The first kappa shape index (κ1) is 19.2. The number of hydrogen-bond donors (Lipinski definition) is 1. The maximum absolute atomic E-state index is 11.1. The molecule has 0 aliphatic carbocycles. The largest absolute Gasteiger partial charge is 0.478 e. The molecule has 154 valence electrons. The fourth-order valence-corrected chi connectivity index (χ4v) is 3.88. The molecule has 5 rings (SSSR count). The summed E-state index contributed by atoms with van der Waals surface area (Å²) in [5.74, 6) is 0.398. The van der Waals surface area contributed by atoms with Gasteiger partial charge in [-0.1, -0.05) is 18.5 Å². The van der Waals surface area contributed by atoms with Crippen LogP contribution < -0.4 is 4.90 Å². The summed E-state index contributed by atoms with van der Waals surface area (Å²) >= 11 is 6.11. The summed E-state index contributed by atoms with van der Waals surface area (Å²) in [6, 6.07) is 13.6. The Balaban J connectivity index is 1.67. The molecular formula is C22H17ClN6O2. The molecule has 0 spiro atoms. The van der Waals surface area contributed by atoms with Gasteiger partial charge in [-0.05, 0) is 42.5 Å². The lowest BCUT2D eigenvalue weighted by Gasteiger charge is -2.27. The maximum atomic E-state index is 11.1. The highest BCUT2D eigenvalue weighted by Crippen LogP contribution is 2.39. The van der Waals surface area contributed by atoms with E-state index in [0.717, 1.165) is 28.5 Å². The van der Waals surface area contributed by atoms with Crippen LogP contribution in [0.25, 0.3) is 17.1 Å². The number of nitrogens with zero attached hydrogens (tertiary/aromatic N) is 6. The lowest BCUT2D eigenvalue weighted by atomic mass is 10.1. The smallest absolute Gasteiger partial charge is 0.338 e. The Labute approximate surface area is 182 Å². The van der Waals surface area contributed by atoms with Gasteiger partial charge in [0.05, 0.1) is 16.9 Å². The molecule has 4 aromatic rings. The zero-order valence-electron chi connectivity index (χ0n) is 16.5. The third-order valence-corrected chi connectivity index (χ3v) is 5.54. The molecule has 3 heterocycles. The highest BCUT2D eigenvalue weighted by molar-refractivity contribution is 6.30. The van der Waals surface area contributed by atoms with Gasteiger partial charge in [-0.2, -0.15) is 0 Å². The quantitative estimate of drug-likeness (QED) is 0.514. The Morgan fingerprint density at radius 2 is 1.84 bits per heavy atom. The second-order valence-corrected chi connectivity index (χ2v) is 7.79. The topological polar surface area (TPSA) is 97.0 Å². The van der Waals surface area contributed by atoms with Gasteiger partial charge < -0.3 is 10.0 Å². The molecule has 2 aromatic carbocycles. The van der Waals surface area contributed by atoms with Crippen LogP contribution in [0.4, 0.5) is 11.4 Å². The van der Waals surface area contributed by atoms with E-state index in [1.807, 2.05) is 47.0 Å². The molecule has 0 fully saturated rings. The molecule has 0 saturated carbocycles. The number of carboxylic acids is 1. The van der Waals surface area contributed by atoms with Crippen molar-refractivity contribution in [3.05, 3.63) is 77.6 Å². The molecule has 0 amide bonds. The van der Waals surface area contributed by atoms with E-state index in [0.29, 0.717) is 17.4 Å². The van der Waals surface area contributed by atoms with Crippen LogP contribution in [-0.2, 0) is 0 Å². The molecule has 1 atom stereocenters. The van der Waals surface area contributed by atoms with Crippen molar-refractivity contribution in [3.8, 4) is 17.1 Å². The molecule has 0 bridgehead atoms. The van der Waals surface area contributed by atoms with E-state index in [1.54, 1.807) is 6.33 Å². The van der Waals surface area contributed by atoms with E-state index in [1.165, 1.54) is 12.4 Å². The van der Waals surface area contributed by atoms with Crippen molar-refractivity contribution >= 4 is 28.9 Å². The fraction of sp³-hybridized carbons (Fsp3) is 0.136. The molecule has 2 aromatic heterocycles. The number of fused-ring (bicyclic) bond motifs is 3. The maximum Gasteiger partial charge on any atom is 0.338 e. The van der Waals surface area contributed by atoms with Crippen LogP contribution in [0.5, 0.6) is 0 Å². The SMILES string of the molecule is CC1CN(c2ccc(Cl)cc2)c2cc(-c3ncc(C(=O)O)cn3)ccc2-n2cnnc21. The average molecular weight is 433 g/mol. The van der Waals surface area contributed by atoms with Crippen LogP contribution in [-0.4, -0.2) is 42.4 Å². The standard InChI is InChI=1S/C22H17ClN6O2/c1-13-11-28(17-5-3-16(23)4-6-17)19-8-14(20-24-9-15(10-25-20)22(30)31)2-7-18(19)29-12-26-27-21(13)29/h2-10,12-13H,11H2,1H3,(H,30,31). The molecule has 9 heteroatoms. The first-order chi connectivity index (χ1) is 15.0. The normalized spacial score (nSPS) is 15.2. The van der Waals surface area contributed by atoms with Crippen LogP contribution in [0, 0.1) is 0 Å². The zero-order valence-corrected chi connectivity index (χ0v) is 17.2. The number of hydrogen-bond acceptors (Lipinski definition) is 6. The number of benzene rings is 2. The summed E-state index contributed by atoms with van der Waals surface area (Å²) in [5, 5.41) is 18.2. The minimum Gasteiger partial charge on any atom is -0.478 e. The predicted molar refractivity (Wildman–Crippen MR) is 116 cm³/mol. The minimum absolute atomic E-state index is 0.0456. The van der Waals surface area contributed by atoms with Crippen molar-refractivity contribution in [2.75, 3.05) is 11.4 Å². The van der Waals surface area contributed by atoms with Crippen LogP contribution in [0.2, 0.25) is 5.02 Å². The van der Waals surface area contributed by atoms with Gasteiger partial charge in [0.15, 0.2) is 5.82 Å². The summed E-state index contributed by atoms with van der Waals surface area (Å²) in [5.41, 5.74) is 3.69. The molecule has 0 radical (unpaired) electrons. The molecular weight excluding hydrogens is 416 g/mol. The number of aromatic carboxylic acids is 1. The van der Waals surface area contributed by atoms with Crippen LogP contribution in [0.1, 0.15) is 29.0 Å². The Morgan fingerprint density at radius 3 is 2.55 bits per heavy atom. The molecule has 1 N–H and O–H groups in total. The summed E-state index contributed by atoms with van der Waals surface area (Å²) < 4.78 is 1.99. The first-order valence-electron chi connectivity index (χ1n) is 9.64. The number of carboxylic acid groups (broad SMARTS) is 1. The van der Waals surface area contributed by atoms with E-state index >= 15 is 0 Å². The summed E-state index contributed by atoms with van der Waals surface area (Å²) in [7, 11) is 0. The van der Waals surface area contributed by atoms with Crippen molar-refractivity contribution in [1.29, 1.82) is 0 Å². The van der Waals surface area contributed by atoms with Crippen LogP contribution in [0.15, 0.2) is 61.2 Å². The minimum atomic E-state index is -1.06. The third-order valence-electron chi connectivity index (χ3n) is 5.29. The van der Waals surface area contributed by atoms with Crippen molar-refractivity contribution in [1.82, 2.24) is 24.7 Å². The van der Waals surface area contributed by atoms with Crippen molar-refractivity contribution in [2.24, 2.45) is 0 Å². The first-order valence-corrected chi connectivity index (χ1v) is 10.0. The number of halogens is 1. The monoisotopic (exact) mass is 432 g/mol. The van der Waals surface area contributed by atoms with E-state index in [-0.39, 0.29) is 11.5 Å². The van der Waals surface area contributed by atoms with E-state index < -0.39 is 5.97 Å². The molecule has 0 saturated heterocycles. The molecule has 1 unspecified atom stereocenters. The molecule has 31 heavy (non-hydrogen) atoms. The van der Waals surface area contributed by atoms with E-state index in [4.69, 9.17) is 16.7 Å². The average Bonchev–Trinajstić information content (AvgIpc) is 3.24. The van der Waals surface area contributed by atoms with Crippen LogP contribution >= 0.6 is 11.6 Å². The van der Waals surface area contributed by atoms with E-state index in [9.17, 15) is 4.79 Å². The summed E-state index contributed by atoms with van der Waals surface area (Å²) in [6.45, 7) is 2.81. The van der Waals surface area contributed by atoms with Gasteiger partial charge >= 0.3 is 5.97 Å². The summed E-state index contributed by atoms with van der Waals surface area (Å²) in [6.07, 6.45) is 4.34. The van der Waals surface area contributed by atoms with Crippen molar-refractivity contribution in [3.63, 3.8) is 0 Å². The van der Waals surface area contributed by atoms with Gasteiger partial charge in [-0.25, -0.2) is 14.8 Å². The lowest BCUT2D eigenvalue weighted by Crippen LogP contribution is -2.22. The van der Waals surface area contributed by atoms with Gasteiger partial charge in [0.2, 0.25) is 0 Å². The number of carbonyl (C=O) groups is 1. The zero-order chi connectivity index (χ0) is 21.5. The highest BCUT2D eigenvalue weighted by atomic mass is 35.5.